The third-order valence-corrected chi connectivity index (χ3v) is 3.66. The zero-order valence-electron chi connectivity index (χ0n) is 12.5. The summed E-state index contributed by atoms with van der Waals surface area (Å²) in [5.74, 6) is 1.15. The zero-order chi connectivity index (χ0) is 14.4. The predicted molar refractivity (Wildman–Crippen MR) is 79.7 cm³/mol. The highest BCUT2D eigenvalue weighted by Crippen LogP contribution is 2.18. The van der Waals surface area contributed by atoms with E-state index >= 15 is 0 Å². The Balaban J connectivity index is 1.75. The van der Waals surface area contributed by atoms with E-state index in [1.807, 2.05) is 12.1 Å². The quantitative estimate of drug-likeness (QED) is 0.833. The number of aliphatic hydroxyl groups excluding tert-OH is 1. The lowest BCUT2D eigenvalue weighted by atomic mass is 10.0. The molecule has 0 saturated carbocycles. The van der Waals surface area contributed by atoms with Gasteiger partial charge in [-0.1, -0.05) is 38.1 Å². The van der Waals surface area contributed by atoms with Crippen molar-refractivity contribution in [3.05, 3.63) is 35.4 Å². The molecule has 0 aromatic heterocycles. The summed E-state index contributed by atoms with van der Waals surface area (Å²) in [4.78, 5) is 0. The molecule has 1 aliphatic heterocycles. The van der Waals surface area contributed by atoms with Gasteiger partial charge in [0.05, 0.1) is 19.8 Å². The van der Waals surface area contributed by atoms with Crippen LogP contribution in [0.1, 0.15) is 37.5 Å². The lowest BCUT2D eigenvalue weighted by molar-refractivity contribution is 0.0185. The second-order valence-corrected chi connectivity index (χ2v) is 6.12. The highest BCUT2D eigenvalue weighted by molar-refractivity contribution is 5.24. The molecule has 0 radical (unpaired) electrons. The topological polar surface area (TPSA) is 38.7 Å². The van der Waals surface area contributed by atoms with E-state index in [2.05, 4.69) is 26.0 Å². The fourth-order valence-electron chi connectivity index (χ4n) is 2.50. The molecule has 0 bridgehead atoms. The van der Waals surface area contributed by atoms with Crippen LogP contribution in [0.15, 0.2) is 24.3 Å². The van der Waals surface area contributed by atoms with Crippen LogP contribution in [-0.4, -0.2) is 31.5 Å². The molecule has 3 nitrogen and oxygen atoms in total. The molecule has 3 heteroatoms. The van der Waals surface area contributed by atoms with E-state index < -0.39 is 6.10 Å². The first-order valence-corrected chi connectivity index (χ1v) is 7.57. The molecule has 1 heterocycles. The summed E-state index contributed by atoms with van der Waals surface area (Å²) in [7, 11) is 0. The average molecular weight is 278 g/mol. The van der Waals surface area contributed by atoms with Crippen LogP contribution >= 0.6 is 0 Å². The van der Waals surface area contributed by atoms with Crippen molar-refractivity contribution in [2.45, 2.75) is 32.8 Å². The fraction of sp³-hybridized carbons (Fsp3) is 0.647. The summed E-state index contributed by atoms with van der Waals surface area (Å²) < 4.78 is 10.9. The first-order valence-electron chi connectivity index (χ1n) is 7.57. The maximum Gasteiger partial charge on any atom is 0.102 e. The van der Waals surface area contributed by atoms with E-state index in [0.717, 1.165) is 31.6 Å². The normalized spacial score (nSPS) is 20.5. The van der Waals surface area contributed by atoms with Crippen molar-refractivity contribution in [2.75, 3.05) is 26.4 Å². The maximum absolute atomic E-state index is 10.1. The number of hydrogen-bond donors (Lipinski definition) is 1. The lowest BCUT2D eigenvalue weighted by Gasteiger charge is -2.14. The van der Waals surface area contributed by atoms with Crippen molar-refractivity contribution in [3.8, 4) is 0 Å². The van der Waals surface area contributed by atoms with Crippen LogP contribution < -0.4 is 0 Å². The van der Waals surface area contributed by atoms with Crippen molar-refractivity contribution in [1.82, 2.24) is 0 Å². The van der Waals surface area contributed by atoms with Gasteiger partial charge < -0.3 is 14.6 Å². The molecular formula is C17H26O3. The molecule has 1 aliphatic rings. The van der Waals surface area contributed by atoms with Crippen LogP contribution in [0, 0.1) is 11.8 Å². The Morgan fingerprint density at radius 3 is 2.65 bits per heavy atom. The Morgan fingerprint density at radius 2 is 2.05 bits per heavy atom. The molecule has 1 aromatic rings. The fourth-order valence-corrected chi connectivity index (χ4v) is 2.50. The molecule has 1 fully saturated rings. The zero-order valence-corrected chi connectivity index (χ0v) is 12.5. The van der Waals surface area contributed by atoms with Crippen molar-refractivity contribution < 1.29 is 14.6 Å². The third kappa shape index (κ3) is 4.89. The van der Waals surface area contributed by atoms with Crippen LogP contribution in [0.3, 0.4) is 0 Å². The molecule has 2 rings (SSSR count). The molecule has 0 spiro atoms. The van der Waals surface area contributed by atoms with Crippen LogP contribution in [0.5, 0.6) is 0 Å². The van der Waals surface area contributed by atoms with Crippen molar-refractivity contribution >= 4 is 0 Å². The number of benzene rings is 1. The second kappa shape index (κ2) is 7.77. The van der Waals surface area contributed by atoms with Gasteiger partial charge in [-0.2, -0.15) is 0 Å². The molecule has 20 heavy (non-hydrogen) atoms. The van der Waals surface area contributed by atoms with Gasteiger partial charge in [-0.3, -0.25) is 0 Å². The van der Waals surface area contributed by atoms with Crippen LogP contribution in [0.4, 0.5) is 0 Å². The van der Waals surface area contributed by atoms with E-state index in [4.69, 9.17) is 9.47 Å². The van der Waals surface area contributed by atoms with Crippen molar-refractivity contribution in [2.24, 2.45) is 11.8 Å². The van der Waals surface area contributed by atoms with E-state index in [0.29, 0.717) is 25.0 Å². The standard InChI is InChI=1S/C17H26O3/c1-13(2)9-14-3-5-16(6-4-14)17(18)12-20-11-15-7-8-19-10-15/h3-6,13,15,17-18H,7-12H2,1-2H3. The Bertz CT molecular complexity index is 380. The molecule has 1 aromatic carbocycles. The summed E-state index contributed by atoms with van der Waals surface area (Å²) in [6.07, 6.45) is 1.61. The molecule has 112 valence electrons. The van der Waals surface area contributed by atoms with Gasteiger partial charge in [0.15, 0.2) is 0 Å². The van der Waals surface area contributed by atoms with Crippen LogP contribution in [0.2, 0.25) is 0 Å². The predicted octanol–water partition coefficient (Wildman–Crippen LogP) is 2.97. The van der Waals surface area contributed by atoms with E-state index in [-0.39, 0.29) is 0 Å². The lowest BCUT2D eigenvalue weighted by Crippen LogP contribution is -2.14. The molecule has 2 atom stereocenters. The maximum atomic E-state index is 10.1. The summed E-state index contributed by atoms with van der Waals surface area (Å²) >= 11 is 0. The first kappa shape index (κ1) is 15.5. The monoisotopic (exact) mass is 278 g/mol. The number of aliphatic hydroxyl groups is 1. The summed E-state index contributed by atoms with van der Waals surface area (Å²) in [5, 5.41) is 10.1. The SMILES string of the molecule is CC(C)Cc1ccc(C(O)COCC2CCOC2)cc1. The van der Waals surface area contributed by atoms with Crippen molar-refractivity contribution in [3.63, 3.8) is 0 Å². The summed E-state index contributed by atoms with van der Waals surface area (Å²) in [6.45, 7) is 7.10. The first-order chi connectivity index (χ1) is 9.65. The average Bonchev–Trinajstić information content (AvgIpc) is 2.92. The Morgan fingerprint density at radius 1 is 1.30 bits per heavy atom. The van der Waals surface area contributed by atoms with Gasteiger partial charge in [-0.25, -0.2) is 0 Å². The highest BCUT2D eigenvalue weighted by atomic mass is 16.5. The van der Waals surface area contributed by atoms with Gasteiger partial charge in [-0.05, 0) is 29.9 Å². The minimum absolute atomic E-state index is 0.361. The second-order valence-electron chi connectivity index (χ2n) is 6.12. The molecule has 1 N–H and O–H groups in total. The molecule has 2 unspecified atom stereocenters. The number of rotatable bonds is 7. The Kier molecular flexibility index (Phi) is 6.02. The number of ether oxygens (including phenoxy) is 2. The van der Waals surface area contributed by atoms with Crippen molar-refractivity contribution in [1.29, 1.82) is 0 Å². The third-order valence-electron chi connectivity index (χ3n) is 3.66. The van der Waals surface area contributed by atoms with E-state index in [1.165, 1.54) is 5.56 Å². The minimum atomic E-state index is -0.537. The summed E-state index contributed by atoms with van der Waals surface area (Å²) in [5.41, 5.74) is 2.25. The highest BCUT2D eigenvalue weighted by Gasteiger charge is 2.16. The van der Waals surface area contributed by atoms with Gasteiger partial charge in [0.1, 0.15) is 6.10 Å². The molecule has 0 aliphatic carbocycles. The van der Waals surface area contributed by atoms with Crippen LogP contribution in [-0.2, 0) is 15.9 Å². The van der Waals surface area contributed by atoms with Gasteiger partial charge in [0.25, 0.3) is 0 Å². The van der Waals surface area contributed by atoms with E-state index in [1.54, 1.807) is 0 Å². The largest absolute Gasteiger partial charge is 0.386 e. The van der Waals surface area contributed by atoms with Gasteiger partial charge in [0.2, 0.25) is 0 Å². The smallest absolute Gasteiger partial charge is 0.102 e. The Labute approximate surface area is 121 Å². The minimum Gasteiger partial charge on any atom is -0.386 e. The number of hydrogen-bond acceptors (Lipinski definition) is 3. The van der Waals surface area contributed by atoms with Gasteiger partial charge in [-0.15, -0.1) is 0 Å². The van der Waals surface area contributed by atoms with E-state index in [9.17, 15) is 5.11 Å². The Hall–Kier alpha value is -0.900. The summed E-state index contributed by atoms with van der Waals surface area (Å²) in [6, 6.07) is 8.21. The molecule has 1 saturated heterocycles. The van der Waals surface area contributed by atoms with Crippen LogP contribution in [0.25, 0.3) is 0 Å². The molecule has 0 amide bonds. The van der Waals surface area contributed by atoms with Gasteiger partial charge in [0, 0.05) is 12.5 Å². The van der Waals surface area contributed by atoms with Gasteiger partial charge >= 0.3 is 0 Å². The molecular weight excluding hydrogens is 252 g/mol.